The quantitative estimate of drug-likeness (QED) is 0.116. The number of benzene rings is 3. The molecule has 6 rings (SSSR count). The van der Waals surface area contributed by atoms with Gasteiger partial charge in [-0.3, -0.25) is 14.6 Å². The van der Waals surface area contributed by atoms with Crippen LogP contribution in [0.3, 0.4) is 0 Å². The van der Waals surface area contributed by atoms with Gasteiger partial charge < -0.3 is 9.80 Å². The van der Waals surface area contributed by atoms with E-state index in [-0.39, 0.29) is 5.91 Å². The minimum atomic E-state index is 0.0917. The standard InChI is InChI=1S/C36H39ClN6OS/c37-33-26-34(42-21-19-41(20-22-42)27-30-11-5-2-6-12-30)39-36(38-33)45-28-31-13-7-15-32(25-31)35(44)43-23-17-40(18-24-43)16-8-14-29-9-3-1-4-10-29/h1-15,25-26H,16-24,27-28H2/b14-8+. The Hall–Kier alpha value is -3.69. The molecule has 0 unspecified atom stereocenters. The average Bonchev–Trinajstić information content (AvgIpc) is 3.08. The number of carbonyl (C=O) groups excluding carboxylic acids is 1. The predicted octanol–water partition coefficient (Wildman–Crippen LogP) is 6.22. The van der Waals surface area contributed by atoms with E-state index in [1.165, 1.54) is 11.1 Å². The molecule has 0 aliphatic carbocycles. The van der Waals surface area contributed by atoms with Crippen molar-refractivity contribution in [3.05, 3.63) is 124 Å². The van der Waals surface area contributed by atoms with E-state index >= 15 is 0 Å². The normalized spacial score (nSPS) is 16.4. The molecule has 0 N–H and O–H groups in total. The molecule has 2 fully saturated rings. The fraction of sp³-hybridized carbons (Fsp3) is 0.306. The van der Waals surface area contributed by atoms with Crippen molar-refractivity contribution in [3.63, 3.8) is 0 Å². The van der Waals surface area contributed by atoms with Crippen LogP contribution in [0.1, 0.15) is 27.0 Å². The highest BCUT2D eigenvalue weighted by Crippen LogP contribution is 2.26. The molecule has 2 saturated heterocycles. The van der Waals surface area contributed by atoms with Gasteiger partial charge in [0.15, 0.2) is 5.16 Å². The fourth-order valence-corrected chi connectivity index (χ4v) is 6.77. The number of halogens is 1. The summed E-state index contributed by atoms with van der Waals surface area (Å²) in [7, 11) is 0. The number of carbonyl (C=O) groups is 1. The molecule has 1 aromatic heterocycles. The lowest BCUT2D eigenvalue weighted by Gasteiger charge is -2.35. The second-order valence-corrected chi connectivity index (χ2v) is 12.8. The van der Waals surface area contributed by atoms with Gasteiger partial charge in [-0.15, -0.1) is 0 Å². The van der Waals surface area contributed by atoms with Crippen LogP contribution >= 0.6 is 23.4 Å². The molecule has 0 spiro atoms. The zero-order valence-electron chi connectivity index (χ0n) is 25.5. The van der Waals surface area contributed by atoms with Gasteiger partial charge in [-0.1, -0.05) is 108 Å². The summed E-state index contributed by atoms with van der Waals surface area (Å²) in [4.78, 5) is 31.8. The van der Waals surface area contributed by atoms with Crippen molar-refractivity contribution in [1.29, 1.82) is 0 Å². The van der Waals surface area contributed by atoms with Crippen molar-refractivity contribution in [2.45, 2.75) is 17.5 Å². The van der Waals surface area contributed by atoms with Gasteiger partial charge in [0.2, 0.25) is 0 Å². The Labute approximate surface area is 275 Å². The molecule has 2 aliphatic rings. The van der Waals surface area contributed by atoms with Gasteiger partial charge in [-0.05, 0) is 28.8 Å². The molecule has 7 nitrogen and oxygen atoms in total. The Bertz CT molecular complexity index is 1570. The first kappa shape index (κ1) is 31.3. The van der Waals surface area contributed by atoms with Crippen molar-refractivity contribution in [3.8, 4) is 0 Å². The van der Waals surface area contributed by atoms with E-state index in [0.717, 1.165) is 82.4 Å². The van der Waals surface area contributed by atoms with Crippen LogP contribution < -0.4 is 4.90 Å². The summed E-state index contributed by atoms with van der Waals surface area (Å²) in [6.45, 7) is 8.80. The van der Waals surface area contributed by atoms with Crippen molar-refractivity contribution >= 4 is 41.2 Å². The molecule has 0 saturated carbocycles. The Balaban J connectivity index is 0.986. The number of thioether (sulfide) groups is 1. The molecule has 3 heterocycles. The van der Waals surface area contributed by atoms with Crippen molar-refractivity contribution in [2.24, 2.45) is 0 Å². The van der Waals surface area contributed by atoms with Gasteiger partial charge in [0.25, 0.3) is 5.91 Å². The van der Waals surface area contributed by atoms with Crippen molar-refractivity contribution in [1.82, 2.24) is 24.7 Å². The molecule has 0 radical (unpaired) electrons. The van der Waals surface area contributed by atoms with E-state index in [2.05, 4.69) is 92.5 Å². The van der Waals surface area contributed by atoms with Crippen LogP contribution in [0.4, 0.5) is 5.82 Å². The van der Waals surface area contributed by atoms with Crippen LogP contribution in [0.2, 0.25) is 5.15 Å². The zero-order valence-corrected chi connectivity index (χ0v) is 27.0. The number of aromatic nitrogens is 2. The minimum absolute atomic E-state index is 0.0917. The van der Waals surface area contributed by atoms with E-state index in [1.807, 2.05) is 35.2 Å². The van der Waals surface area contributed by atoms with Gasteiger partial charge >= 0.3 is 0 Å². The molecular formula is C36H39ClN6OS. The second kappa shape index (κ2) is 15.5. The molecule has 232 valence electrons. The summed E-state index contributed by atoms with van der Waals surface area (Å²) < 4.78 is 0. The number of nitrogens with zero attached hydrogens (tertiary/aromatic N) is 6. The van der Waals surface area contributed by atoms with E-state index in [0.29, 0.717) is 16.1 Å². The van der Waals surface area contributed by atoms with Gasteiger partial charge in [0.1, 0.15) is 11.0 Å². The fourth-order valence-electron chi connectivity index (χ4n) is 5.75. The summed E-state index contributed by atoms with van der Waals surface area (Å²) in [5.74, 6) is 1.62. The molecule has 9 heteroatoms. The molecule has 1 amide bonds. The maximum Gasteiger partial charge on any atom is 0.253 e. The summed E-state index contributed by atoms with van der Waals surface area (Å²) >= 11 is 8.00. The maximum atomic E-state index is 13.4. The number of anilines is 1. The molecule has 4 aromatic rings. The van der Waals surface area contributed by atoms with E-state index in [9.17, 15) is 4.79 Å². The number of amides is 1. The molecular weight excluding hydrogens is 600 g/mol. The SMILES string of the molecule is O=C(c1cccc(CSc2nc(Cl)cc(N3CCN(Cc4ccccc4)CC3)n2)c1)N1CCN(C/C=C/c2ccccc2)CC1. The van der Waals surface area contributed by atoms with E-state index in [1.54, 1.807) is 11.8 Å². The van der Waals surface area contributed by atoms with Crippen LogP contribution in [0.5, 0.6) is 0 Å². The first-order chi connectivity index (χ1) is 22.1. The first-order valence-corrected chi connectivity index (χ1v) is 17.0. The number of hydrogen-bond acceptors (Lipinski definition) is 7. The summed E-state index contributed by atoms with van der Waals surface area (Å²) in [6.07, 6.45) is 4.36. The molecule has 45 heavy (non-hydrogen) atoms. The molecule has 0 bridgehead atoms. The van der Waals surface area contributed by atoms with Crippen LogP contribution in [0, 0.1) is 0 Å². The molecule has 2 aliphatic heterocycles. The Morgan fingerprint density at radius 2 is 1.44 bits per heavy atom. The third-order valence-corrected chi connectivity index (χ3v) is 9.39. The average molecular weight is 639 g/mol. The van der Waals surface area contributed by atoms with Crippen LogP contribution in [0.15, 0.2) is 102 Å². The van der Waals surface area contributed by atoms with E-state index < -0.39 is 0 Å². The highest BCUT2D eigenvalue weighted by atomic mass is 35.5. The van der Waals surface area contributed by atoms with Crippen molar-refractivity contribution < 1.29 is 4.79 Å². The first-order valence-electron chi connectivity index (χ1n) is 15.6. The lowest BCUT2D eigenvalue weighted by Crippen LogP contribution is -2.48. The smallest absolute Gasteiger partial charge is 0.253 e. The van der Waals surface area contributed by atoms with Crippen LogP contribution in [-0.4, -0.2) is 89.5 Å². The molecule has 3 aromatic carbocycles. The lowest BCUT2D eigenvalue weighted by atomic mass is 10.1. The van der Waals surface area contributed by atoms with E-state index in [4.69, 9.17) is 16.6 Å². The highest BCUT2D eigenvalue weighted by molar-refractivity contribution is 7.98. The summed E-state index contributed by atoms with van der Waals surface area (Å²) in [5.41, 5.74) is 4.34. The second-order valence-electron chi connectivity index (χ2n) is 11.5. The molecule has 0 atom stereocenters. The number of hydrogen-bond donors (Lipinski definition) is 0. The van der Waals surface area contributed by atoms with Crippen molar-refractivity contribution in [2.75, 3.05) is 63.8 Å². The third-order valence-electron chi connectivity index (χ3n) is 8.28. The highest BCUT2D eigenvalue weighted by Gasteiger charge is 2.22. The predicted molar refractivity (Wildman–Crippen MR) is 185 cm³/mol. The Morgan fingerprint density at radius 3 is 2.20 bits per heavy atom. The maximum absolute atomic E-state index is 13.4. The topological polar surface area (TPSA) is 55.8 Å². The minimum Gasteiger partial charge on any atom is -0.354 e. The van der Waals surface area contributed by atoms with Crippen LogP contribution in [-0.2, 0) is 12.3 Å². The largest absolute Gasteiger partial charge is 0.354 e. The van der Waals surface area contributed by atoms with Gasteiger partial charge in [0.05, 0.1) is 0 Å². The third kappa shape index (κ3) is 8.95. The zero-order chi connectivity index (χ0) is 30.8. The van der Waals surface area contributed by atoms with Gasteiger partial charge in [-0.2, -0.15) is 0 Å². The monoisotopic (exact) mass is 638 g/mol. The number of piperazine rings is 2. The number of rotatable bonds is 10. The van der Waals surface area contributed by atoms with Crippen LogP contribution in [0.25, 0.3) is 6.08 Å². The van der Waals surface area contributed by atoms with Gasteiger partial charge in [-0.25, -0.2) is 9.97 Å². The Kier molecular flexibility index (Phi) is 10.8. The summed E-state index contributed by atoms with van der Waals surface area (Å²) in [5, 5.41) is 1.10. The van der Waals surface area contributed by atoms with Gasteiger partial charge in [0, 0.05) is 82.8 Å². The lowest BCUT2D eigenvalue weighted by molar-refractivity contribution is 0.0650. The summed E-state index contributed by atoms with van der Waals surface area (Å²) in [6, 6.07) is 30.7. The Morgan fingerprint density at radius 1 is 0.756 bits per heavy atom.